The van der Waals surface area contributed by atoms with E-state index in [1.165, 1.54) is 27.4 Å². The first-order chi connectivity index (χ1) is 12.9. The van der Waals surface area contributed by atoms with E-state index in [1.54, 1.807) is 0 Å². The van der Waals surface area contributed by atoms with Crippen LogP contribution in [0.2, 0.25) is 0 Å². The number of hydrogen-bond acceptors (Lipinski definition) is 8. The van der Waals surface area contributed by atoms with Gasteiger partial charge < -0.3 is 24.8 Å². The molecule has 0 saturated carbocycles. The number of nitrogens with two attached hydrogens (primary N) is 1. The molecule has 0 amide bonds. The number of anilines is 1. The maximum Gasteiger partial charge on any atom is 0.335 e. The van der Waals surface area contributed by atoms with Crippen molar-refractivity contribution in [2.45, 2.75) is 6.42 Å². The number of likely N-dealkylation sites (N-methyl/N-ethyl adjacent to an activating group) is 1. The number of nitrogen functional groups attached to an aromatic ring is 1. The van der Waals surface area contributed by atoms with Crippen molar-refractivity contribution < 1.29 is 23.4 Å². The third kappa shape index (κ3) is 3.25. The van der Waals surface area contributed by atoms with Crippen LogP contribution in [0.3, 0.4) is 0 Å². The van der Waals surface area contributed by atoms with Gasteiger partial charge in [0.2, 0.25) is 0 Å². The van der Waals surface area contributed by atoms with Gasteiger partial charge in [0, 0.05) is 24.0 Å². The number of hydrogen-bond donors (Lipinski definition) is 1. The summed E-state index contributed by atoms with van der Waals surface area (Å²) in [5, 5.41) is 0.307. The molecule has 0 unspecified atom stereocenters. The Morgan fingerprint density at radius 3 is 2.63 bits per heavy atom. The molecule has 2 aromatic rings. The molecule has 2 heterocycles. The molecule has 8 nitrogen and oxygen atoms in total. The second-order valence-corrected chi connectivity index (χ2v) is 6.19. The number of halogens is 1. The van der Waals surface area contributed by atoms with Crippen LogP contribution in [0.4, 0.5) is 10.2 Å². The molecule has 27 heavy (non-hydrogen) atoms. The quantitative estimate of drug-likeness (QED) is 0.804. The Morgan fingerprint density at radius 1 is 1.26 bits per heavy atom. The Bertz CT molecular complexity index is 945. The lowest BCUT2D eigenvalue weighted by Crippen LogP contribution is -2.31. The summed E-state index contributed by atoms with van der Waals surface area (Å²) >= 11 is 0. The summed E-state index contributed by atoms with van der Waals surface area (Å²) in [5.41, 5.74) is 7.11. The molecule has 0 aliphatic carbocycles. The summed E-state index contributed by atoms with van der Waals surface area (Å²) < 4.78 is 30.1. The molecule has 1 aliphatic heterocycles. The van der Waals surface area contributed by atoms with Crippen LogP contribution in [0.1, 0.15) is 12.2 Å². The van der Waals surface area contributed by atoms with Crippen LogP contribution in [-0.2, 0) is 9.53 Å². The number of esters is 1. The zero-order chi connectivity index (χ0) is 19.7. The Balaban J connectivity index is 2.26. The minimum atomic E-state index is -0.699. The fraction of sp³-hybridized carbons (Fsp3) is 0.389. The van der Waals surface area contributed by atoms with Gasteiger partial charge in [0.1, 0.15) is 11.3 Å². The molecule has 144 valence electrons. The van der Waals surface area contributed by atoms with Crippen LogP contribution < -0.4 is 15.2 Å². The van der Waals surface area contributed by atoms with Crippen LogP contribution in [-0.4, -0.2) is 62.3 Å². The first kappa shape index (κ1) is 18.8. The van der Waals surface area contributed by atoms with Crippen molar-refractivity contribution in [3.05, 3.63) is 23.3 Å². The Hall–Kier alpha value is -2.94. The predicted molar refractivity (Wildman–Crippen MR) is 98.1 cm³/mol. The molecule has 0 radical (unpaired) electrons. The van der Waals surface area contributed by atoms with Crippen molar-refractivity contribution in [3.8, 4) is 11.5 Å². The summed E-state index contributed by atoms with van der Waals surface area (Å²) in [5.74, 6) is -0.744. The Labute approximate surface area is 155 Å². The summed E-state index contributed by atoms with van der Waals surface area (Å²) in [6.07, 6.45) is 0.515. The van der Waals surface area contributed by atoms with Crippen LogP contribution in [0, 0.1) is 5.82 Å². The molecule has 0 saturated heterocycles. The van der Waals surface area contributed by atoms with Crippen molar-refractivity contribution >= 4 is 28.3 Å². The smallest absolute Gasteiger partial charge is 0.335 e. The molecule has 0 fully saturated rings. The van der Waals surface area contributed by atoms with Gasteiger partial charge in [-0.15, -0.1) is 0 Å². The van der Waals surface area contributed by atoms with Crippen molar-refractivity contribution in [3.63, 3.8) is 0 Å². The molecule has 1 aromatic heterocycles. The van der Waals surface area contributed by atoms with Crippen molar-refractivity contribution in [2.24, 2.45) is 0 Å². The van der Waals surface area contributed by atoms with E-state index in [9.17, 15) is 9.18 Å². The van der Waals surface area contributed by atoms with E-state index in [0.717, 1.165) is 0 Å². The minimum absolute atomic E-state index is 0.00536. The summed E-state index contributed by atoms with van der Waals surface area (Å²) in [4.78, 5) is 22.8. The summed E-state index contributed by atoms with van der Waals surface area (Å²) in [6, 6.07) is 1.53. The summed E-state index contributed by atoms with van der Waals surface area (Å²) in [7, 11) is 5.95. The number of nitrogens with zero attached hydrogens (tertiary/aromatic N) is 3. The molecule has 3 rings (SSSR count). The van der Waals surface area contributed by atoms with Gasteiger partial charge in [0.25, 0.3) is 0 Å². The van der Waals surface area contributed by atoms with E-state index >= 15 is 0 Å². The number of aromatic nitrogens is 2. The molecular formula is C18H21FN4O4. The van der Waals surface area contributed by atoms with Crippen molar-refractivity contribution in [1.29, 1.82) is 0 Å². The molecule has 0 atom stereocenters. The third-order valence-corrected chi connectivity index (χ3v) is 4.54. The van der Waals surface area contributed by atoms with E-state index in [2.05, 4.69) is 9.97 Å². The normalized spacial score (nSPS) is 15.1. The second kappa shape index (κ2) is 7.36. The molecule has 9 heteroatoms. The third-order valence-electron chi connectivity index (χ3n) is 4.54. The van der Waals surface area contributed by atoms with E-state index in [1.807, 2.05) is 11.9 Å². The topological polar surface area (TPSA) is 99.8 Å². The Kier molecular flexibility index (Phi) is 5.13. The van der Waals surface area contributed by atoms with Gasteiger partial charge in [0.15, 0.2) is 23.1 Å². The van der Waals surface area contributed by atoms with Gasteiger partial charge in [-0.1, -0.05) is 0 Å². The minimum Gasteiger partial charge on any atom is -0.493 e. The maximum absolute atomic E-state index is 15.0. The fourth-order valence-electron chi connectivity index (χ4n) is 3.14. The predicted octanol–water partition coefficient (Wildman–Crippen LogP) is 1.63. The van der Waals surface area contributed by atoms with Crippen LogP contribution in [0.25, 0.3) is 16.5 Å². The van der Waals surface area contributed by atoms with Crippen LogP contribution >= 0.6 is 0 Å². The fourth-order valence-corrected chi connectivity index (χ4v) is 3.14. The lowest BCUT2D eigenvalue weighted by molar-refractivity contribution is -0.136. The van der Waals surface area contributed by atoms with Gasteiger partial charge >= 0.3 is 5.97 Å². The van der Waals surface area contributed by atoms with Gasteiger partial charge in [-0.25, -0.2) is 19.2 Å². The first-order valence-corrected chi connectivity index (χ1v) is 8.28. The van der Waals surface area contributed by atoms with E-state index in [0.29, 0.717) is 36.0 Å². The number of fused-ring (bicyclic) bond motifs is 1. The first-order valence-electron chi connectivity index (χ1n) is 8.28. The van der Waals surface area contributed by atoms with E-state index < -0.39 is 11.8 Å². The monoisotopic (exact) mass is 376 g/mol. The number of ether oxygens (including phenoxy) is 3. The average molecular weight is 376 g/mol. The highest BCUT2D eigenvalue weighted by atomic mass is 19.1. The van der Waals surface area contributed by atoms with Crippen molar-refractivity contribution in [2.75, 3.05) is 47.2 Å². The van der Waals surface area contributed by atoms with Crippen LogP contribution in [0.15, 0.2) is 11.6 Å². The number of carbonyl (C=O) groups excluding carboxylic acids is 1. The lowest BCUT2D eigenvalue weighted by Gasteiger charge is -2.26. The number of methoxy groups -OCH3 is 3. The highest BCUT2D eigenvalue weighted by Crippen LogP contribution is 2.38. The second-order valence-electron chi connectivity index (χ2n) is 6.19. The van der Waals surface area contributed by atoms with Gasteiger partial charge in [-0.05, 0) is 19.5 Å². The lowest BCUT2D eigenvalue weighted by atomic mass is 9.99. The van der Waals surface area contributed by atoms with Gasteiger partial charge in [-0.2, -0.15) is 0 Å². The average Bonchev–Trinajstić information content (AvgIpc) is 2.67. The molecule has 0 bridgehead atoms. The van der Waals surface area contributed by atoms with Gasteiger partial charge in [-0.3, -0.25) is 0 Å². The standard InChI is InChI=1S/C18H21FN4O4/c1-23-6-5-9(11(8-23)18(24)27-4)17-21-14-10(16(20)22-17)7-12(25-2)15(26-3)13(14)19/h7H,5-6,8H2,1-4H3,(H2,20,21,22). The molecule has 0 spiro atoms. The van der Waals surface area contributed by atoms with E-state index in [4.69, 9.17) is 19.9 Å². The zero-order valence-corrected chi connectivity index (χ0v) is 15.6. The van der Waals surface area contributed by atoms with Gasteiger partial charge in [0.05, 0.1) is 26.9 Å². The highest BCUT2D eigenvalue weighted by Gasteiger charge is 2.27. The SMILES string of the molecule is COC(=O)C1=C(c2nc(N)c3cc(OC)c(OC)c(F)c3n2)CCN(C)C1. The number of benzene rings is 1. The molecule has 1 aromatic carbocycles. The van der Waals surface area contributed by atoms with Crippen molar-refractivity contribution in [1.82, 2.24) is 14.9 Å². The number of rotatable bonds is 4. The Morgan fingerprint density at radius 2 is 2.00 bits per heavy atom. The molecule has 1 aliphatic rings. The maximum atomic E-state index is 15.0. The molecular weight excluding hydrogens is 355 g/mol. The van der Waals surface area contributed by atoms with E-state index in [-0.39, 0.29) is 28.7 Å². The molecule has 2 N–H and O–H groups in total. The number of carbonyl (C=O) groups is 1. The summed E-state index contributed by atoms with van der Waals surface area (Å²) in [6.45, 7) is 1.09. The zero-order valence-electron chi connectivity index (χ0n) is 15.6. The highest BCUT2D eigenvalue weighted by molar-refractivity contribution is 5.99. The van der Waals surface area contributed by atoms with Crippen LogP contribution in [0.5, 0.6) is 11.5 Å². The largest absolute Gasteiger partial charge is 0.493 e.